The van der Waals surface area contributed by atoms with Crippen LogP contribution in [-0.2, 0) is 6.42 Å². The molecule has 3 aromatic heterocycles. The van der Waals surface area contributed by atoms with Crippen molar-refractivity contribution in [2.45, 2.75) is 18.8 Å². The average Bonchev–Trinajstić information content (AvgIpc) is 3.08. The molecule has 0 spiro atoms. The van der Waals surface area contributed by atoms with Gasteiger partial charge in [-0.3, -0.25) is 19.8 Å². The molecule has 0 amide bonds. The fourth-order valence-corrected chi connectivity index (χ4v) is 3.59. The predicted octanol–water partition coefficient (Wildman–Crippen LogP) is 2.23. The van der Waals surface area contributed by atoms with Crippen LogP contribution in [0.2, 0.25) is 0 Å². The van der Waals surface area contributed by atoms with Crippen molar-refractivity contribution in [2.24, 2.45) is 0 Å². The highest BCUT2D eigenvalue weighted by Gasteiger charge is 2.28. The summed E-state index contributed by atoms with van der Waals surface area (Å²) in [6, 6.07) is 5.73. The third-order valence-electron chi connectivity index (χ3n) is 3.76. The van der Waals surface area contributed by atoms with Crippen LogP contribution in [0.5, 0.6) is 0 Å². The number of carbonyl (C=O) groups excluding carboxylic acids is 1. The predicted molar refractivity (Wildman–Crippen MR) is 76.4 cm³/mol. The molecule has 4 rings (SSSR count). The first-order valence-electron chi connectivity index (χ1n) is 6.39. The van der Waals surface area contributed by atoms with Crippen LogP contribution in [0, 0.1) is 0 Å². The van der Waals surface area contributed by atoms with Crippen LogP contribution in [0.1, 0.15) is 33.3 Å². The lowest BCUT2D eigenvalue weighted by molar-refractivity contribution is 0.0964. The number of aromatic nitrogens is 3. The zero-order valence-corrected chi connectivity index (χ0v) is 11.3. The van der Waals surface area contributed by atoms with Gasteiger partial charge in [0.25, 0.3) is 5.56 Å². The summed E-state index contributed by atoms with van der Waals surface area (Å²) in [4.78, 5) is 29.6. The number of hydrogen-bond donors (Lipinski definition) is 2. The van der Waals surface area contributed by atoms with Gasteiger partial charge in [0.15, 0.2) is 11.4 Å². The van der Waals surface area contributed by atoms with Crippen LogP contribution in [0.15, 0.2) is 28.4 Å². The standard InChI is InChI=1S/C14H11N3O2S/c18-11-5-7(12-2-1-3-20-12)4-10-8(11)6-9-13(15-10)16-17-14(9)19/h1-3,6-7H,4-5H2,(H2,15,16,17,19)/t7-/m0/s1. The van der Waals surface area contributed by atoms with E-state index in [9.17, 15) is 9.59 Å². The summed E-state index contributed by atoms with van der Waals surface area (Å²) in [5.74, 6) is 0.269. The molecule has 2 N–H and O–H groups in total. The molecular formula is C14H11N3O2S. The van der Waals surface area contributed by atoms with Crippen molar-refractivity contribution in [3.05, 3.63) is 50.1 Å². The van der Waals surface area contributed by atoms with Crippen molar-refractivity contribution in [1.29, 1.82) is 0 Å². The number of carbonyl (C=O) groups is 1. The quantitative estimate of drug-likeness (QED) is 0.719. The van der Waals surface area contributed by atoms with Crippen LogP contribution in [0.3, 0.4) is 0 Å². The lowest BCUT2D eigenvalue weighted by atomic mass is 9.85. The van der Waals surface area contributed by atoms with Crippen molar-refractivity contribution in [2.75, 3.05) is 0 Å². The Morgan fingerprint density at radius 2 is 2.15 bits per heavy atom. The van der Waals surface area contributed by atoms with Gasteiger partial charge in [-0.05, 0) is 23.9 Å². The molecule has 6 heteroatoms. The normalized spacial score (nSPS) is 18.4. The van der Waals surface area contributed by atoms with Gasteiger partial charge in [0.2, 0.25) is 0 Å². The van der Waals surface area contributed by atoms with E-state index >= 15 is 0 Å². The summed E-state index contributed by atoms with van der Waals surface area (Å²) in [7, 11) is 0. The van der Waals surface area contributed by atoms with Gasteiger partial charge in [-0.15, -0.1) is 11.3 Å². The maximum Gasteiger partial charge on any atom is 0.273 e. The average molecular weight is 285 g/mol. The van der Waals surface area contributed by atoms with Gasteiger partial charge in [0, 0.05) is 22.8 Å². The molecule has 0 fully saturated rings. The van der Waals surface area contributed by atoms with Crippen molar-refractivity contribution >= 4 is 28.2 Å². The van der Waals surface area contributed by atoms with E-state index in [1.54, 1.807) is 17.4 Å². The second-order valence-corrected chi connectivity index (χ2v) is 5.98. The summed E-state index contributed by atoms with van der Waals surface area (Å²) in [5, 5.41) is 7.72. The van der Waals surface area contributed by atoms with E-state index in [1.165, 1.54) is 4.88 Å². The molecule has 0 bridgehead atoms. The van der Waals surface area contributed by atoms with Gasteiger partial charge >= 0.3 is 0 Å². The van der Waals surface area contributed by atoms with Crippen LogP contribution < -0.4 is 5.56 Å². The minimum atomic E-state index is -0.233. The molecule has 1 atom stereocenters. The first-order chi connectivity index (χ1) is 9.72. The molecule has 20 heavy (non-hydrogen) atoms. The fourth-order valence-electron chi connectivity index (χ4n) is 2.76. The number of pyridine rings is 1. The largest absolute Gasteiger partial charge is 0.294 e. The lowest BCUT2D eigenvalue weighted by Crippen LogP contribution is -2.19. The molecular weight excluding hydrogens is 274 g/mol. The number of Topliss-reactive ketones (excluding diaryl/α,β-unsaturated/α-hetero) is 1. The third-order valence-corrected chi connectivity index (χ3v) is 4.79. The molecule has 0 aromatic carbocycles. The summed E-state index contributed by atoms with van der Waals surface area (Å²) >= 11 is 1.67. The first kappa shape index (κ1) is 11.6. The van der Waals surface area contributed by atoms with Crippen LogP contribution in [0.25, 0.3) is 11.0 Å². The Morgan fingerprint density at radius 3 is 2.95 bits per heavy atom. The Bertz CT molecular complexity index is 860. The Balaban J connectivity index is 1.85. The molecule has 3 heterocycles. The molecule has 1 aliphatic rings. The summed E-state index contributed by atoms with van der Waals surface area (Å²) in [6.45, 7) is 0. The zero-order chi connectivity index (χ0) is 13.7. The van der Waals surface area contributed by atoms with E-state index in [1.807, 2.05) is 11.4 Å². The van der Waals surface area contributed by atoms with Gasteiger partial charge in [-0.25, -0.2) is 4.98 Å². The maximum absolute atomic E-state index is 12.3. The minimum Gasteiger partial charge on any atom is -0.294 e. The van der Waals surface area contributed by atoms with Gasteiger partial charge in [-0.2, -0.15) is 0 Å². The van der Waals surface area contributed by atoms with Crippen LogP contribution in [-0.4, -0.2) is 21.0 Å². The van der Waals surface area contributed by atoms with Crippen LogP contribution in [0.4, 0.5) is 0 Å². The smallest absolute Gasteiger partial charge is 0.273 e. The van der Waals surface area contributed by atoms with E-state index < -0.39 is 0 Å². The van der Waals surface area contributed by atoms with Crippen molar-refractivity contribution < 1.29 is 4.79 Å². The molecule has 100 valence electrons. The topological polar surface area (TPSA) is 78.6 Å². The highest BCUT2D eigenvalue weighted by atomic mass is 32.1. The number of H-pyrrole nitrogens is 2. The minimum absolute atomic E-state index is 0.0691. The van der Waals surface area contributed by atoms with E-state index in [0.717, 1.165) is 12.1 Å². The first-order valence-corrected chi connectivity index (χ1v) is 7.27. The Hall–Kier alpha value is -2.21. The number of rotatable bonds is 1. The molecule has 0 aliphatic heterocycles. The Kier molecular flexibility index (Phi) is 2.40. The molecule has 0 unspecified atom stereocenters. The third kappa shape index (κ3) is 1.65. The molecule has 3 aromatic rings. The molecule has 0 saturated heterocycles. The van der Waals surface area contributed by atoms with Gasteiger partial charge in [0.05, 0.1) is 11.1 Å². The number of ketones is 1. The molecule has 0 saturated carbocycles. The Morgan fingerprint density at radius 1 is 1.25 bits per heavy atom. The summed E-state index contributed by atoms with van der Waals surface area (Å²) < 4.78 is 0. The van der Waals surface area contributed by atoms with Gasteiger partial charge in [0.1, 0.15) is 0 Å². The molecule has 1 aliphatic carbocycles. The zero-order valence-electron chi connectivity index (χ0n) is 10.5. The monoisotopic (exact) mass is 285 g/mol. The number of aromatic amines is 2. The number of fused-ring (bicyclic) bond motifs is 2. The maximum atomic E-state index is 12.3. The van der Waals surface area contributed by atoms with Crippen molar-refractivity contribution in [1.82, 2.24) is 15.2 Å². The van der Waals surface area contributed by atoms with Crippen molar-refractivity contribution in [3.63, 3.8) is 0 Å². The number of hydrogen-bond acceptors (Lipinski definition) is 4. The van der Waals surface area contributed by atoms with E-state index in [2.05, 4.69) is 21.2 Å². The Labute approximate surface area is 117 Å². The summed E-state index contributed by atoms with van der Waals surface area (Å²) in [6.07, 6.45) is 1.23. The lowest BCUT2D eigenvalue weighted by Gasteiger charge is -2.21. The highest BCUT2D eigenvalue weighted by molar-refractivity contribution is 7.10. The van der Waals surface area contributed by atoms with Crippen molar-refractivity contribution in [3.8, 4) is 0 Å². The SMILES string of the molecule is O=C1C[C@@H](c2cccs2)Cc2nc3[nH][nH]c(=O)c3cc21. The van der Waals surface area contributed by atoms with E-state index in [-0.39, 0.29) is 17.3 Å². The van der Waals surface area contributed by atoms with E-state index in [0.29, 0.717) is 23.0 Å². The second kappa shape index (κ2) is 4.14. The molecule has 5 nitrogen and oxygen atoms in total. The van der Waals surface area contributed by atoms with Crippen LogP contribution >= 0.6 is 11.3 Å². The highest BCUT2D eigenvalue weighted by Crippen LogP contribution is 2.34. The van der Waals surface area contributed by atoms with E-state index in [4.69, 9.17) is 0 Å². The molecule has 0 radical (unpaired) electrons. The number of thiophene rings is 1. The van der Waals surface area contributed by atoms with Gasteiger partial charge in [-0.1, -0.05) is 6.07 Å². The van der Waals surface area contributed by atoms with Gasteiger partial charge < -0.3 is 0 Å². The number of nitrogens with zero attached hydrogens (tertiary/aromatic N) is 1. The second-order valence-electron chi connectivity index (χ2n) is 5.00. The summed E-state index contributed by atoms with van der Waals surface area (Å²) in [5.41, 5.74) is 1.66. The fraction of sp³-hybridized carbons (Fsp3) is 0.214. The number of nitrogens with one attached hydrogen (secondary N) is 2.